The van der Waals surface area contributed by atoms with Crippen molar-refractivity contribution in [1.82, 2.24) is 0 Å². The molecule has 1 unspecified atom stereocenters. The van der Waals surface area contributed by atoms with E-state index in [0.717, 1.165) is 12.8 Å². The Labute approximate surface area is 116 Å². The molecule has 1 atom stereocenters. The topological polar surface area (TPSA) is 0 Å². The summed E-state index contributed by atoms with van der Waals surface area (Å²) in [6, 6.07) is 13.6. The van der Waals surface area contributed by atoms with E-state index in [1.807, 2.05) is 0 Å². The quantitative estimate of drug-likeness (QED) is 0.741. The van der Waals surface area contributed by atoms with E-state index in [0.29, 0.717) is 11.2 Å². The minimum Gasteiger partial charge on any atom is -0.176 e. The summed E-state index contributed by atoms with van der Waals surface area (Å²) < 4.78 is 0. The van der Waals surface area contributed by atoms with Crippen LogP contribution < -0.4 is 0 Å². The van der Waals surface area contributed by atoms with Crippen LogP contribution in [0.3, 0.4) is 0 Å². The van der Waals surface area contributed by atoms with Crippen LogP contribution in [0.5, 0.6) is 0 Å². The second-order valence-electron chi connectivity index (χ2n) is 5.67. The molecule has 0 N–H and O–H groups in total. The molecule has 0 bridgehead atoms. The smallest absolute Gasteiger partial charge is 0.00288 e. The van der Waals surface area contributed by atoms with Gasteiger partial charge in [-0.1, -0.05) is 57.2 Å². The molecule has 1 heteroatoms. The van der Waals surface area contributed by atoms with E-state index in [-0.39, 0.29) is 0 Å². The van der Waals surface area contributed by atoms with Crippen LogP contribution in [0, 0.1) is 5.92 Å². The standard InChI is InChI=1S/C17H22S/c1-12(2)8-14-4-6-17-11-15(9-13(3)18)5-7-16(17)10-14/h4-7,10-13,18H,8-9H2,1-3H3. The molecule has 0 aliphatic rings. The van der Waals surface area contributed by atoms with Crippen molar-refractivity contribution in [2.45, 2.75) is 38.9 Å². The Hall–Kier alpha value is -0.950. The van der Waals surface area contributed by atoms with E-state index in [4.69, 9.17) is 0 Å². The number of hydrogen-bond acceptors (Lipinski definition) is 1. The number of fused-ring (bicyclic) bond motifs is 1. The van der Waals surface area contributed by atoms with E-state index in [1.54, 1.807) is 0 Å². The van der Waals surface area contributed by atoms with E-state index in [1.165, 1.54) is 21.9 Å². The Morgan fingerprint density at radius 3 is 1.78 bits per heavy atom. The first-order chi connectivity index (χ1) is 8.54. The summed E-state index contributed by atoms with van der Waals surface area (Å²) in [4.78, 5) is 0. The minimum atomic E-state index is 0.419. The molecule has 2 aromatic carbocycles. The molecule has 0 heterocycles. The molecule has 2 rings (SSSR count). The molecule has 0 fully saturated rings. The van der Waals surface area contributed by atoms with Gasteiger partial charge in [0.2, 0.25) is 0 Å². The van der Waals surface area contributed by atoms with Crippen LogP contribution in [0.25, 0.3) is 10.8 Å². The van der Waals surface area contributed by atoms with Crippen molar-refractivity contribution in [3.8, 4) is 0 Å². The monoisotopic (exact) mass is 258 g/mol. The zero-order valence-electron chi connectivity index (χ0n) is 11.5. The highest BCUT2D eigenvalue weighted by atomic mass is 32.1. The molecular weight excluding hydrogens is 236 g/mol. The van der Waals surface area contributed by atoms with Gasteiger partial charge in [0.25, 0.3) is 0 Å². The average Bonchev–Trinajstić information content (AvgIpc) is 2.27. The highest BCUT2D eigenvalue weighted by molar-refractivity contribution is 7.80. The van der Waals surface area contributed by atoms with Gasteiger partial charge in [-0.2, -0.15) is 12.6 Å². The van der Waals surface area contributed by atoms with E-state index in [2.05, 4.69) is 69.8 Å². The van der Waals surface area contributed by atoms with Gasteiger partial charge < -0.3 is 0 Å². The molecule has 0 saturated carbocycles. The maximum atomic E-state index is 4.46. The van der Waals surface area contributed by atoms with Crippen molar-refractivity contribution >= 4 is 23.4 Å². The highest BCUT2D eigenvalue weighted by Crippen LogP contribution is 2.21. The largest absolute Gasteiger partial charge is 0.176 e. The molecule has 18 heavy (non-hydrogen) atoms. The fourth-order valence-corrected chi connectivity index (χ4v) is 2.62. The number of rotatable bonds is 4. The van der Waals surface area contributed by atoms with Crippen LogP contribution in [0.15, 0.2) is 36.4 Å². The summed E-state index contributed by atoms with van der Waals surface area (Å²) in [5, 5.41) is 3.11. The van der Waals surface area contributed by atoms with Crippen molar-refractivity contribution in [3.05, 3.63) is 47.5 Å². The molecule has 0 saturated heterocycles. The lowest BCUT2D eigenvalue weighted by molar-refractivity contribution is 0.648. The summed E-state index contributed by atoms with van der Waals surface area (Å²) in [5.74, 6) is 0.715. The molecule has 96 valence electrons. The Bertz CT molecular complexity index is 477. The van der Waals surface area contributed by atoms with Crippen molar-refractivity contribution in [1.29, 1.82) is 0 Å². The Kier molecular flexibility index (Phi) is 4.34. The van der Waals surface area contributed by atoms with E-state index < -0.39 is 0 Å². The van der Waals surface area contributed by atoms with Gasteiger partial charge in [-0.3, -0.25) is 0 Å². The van der Waals surface area contributed by atoms with Gasteiger partial charge in [0, 0.05) is 5.25 Å². The number of thiol groups is 1. The second-order valence-corrected chi connectivity index (χ2v) is 6.55. The zero-order chi connectivity index (χ0) is 13.1. The molecule has 0 amide bonds. The summed E-state index contributed by atoms with van der Waals surface area (Å²) in [5.41, 5.74) is 2.81. The van der Waals surface area contributed by atoms with Crippen LogP contribution in [0.4, 0.5) is 0 Å². The van der Waals surface area contributed by atoms with Crippen LogP contribution in [-0.4, -0.2) is 5.25 Å². The van der Waals surface area contributed by atoms with E-state index in [9.17, 15) is 0 Å². The Morgan fingerprint density at radius 1 is 0.833 bits per heavy atom. The maximum Gasteiger partial charge on any atom is 0.00288 e. The third kappa shape index (κ3) is 3.52. The molecule has 0 spiro atoms. The predicted molar refractivity (Wildman–Crippen MR) is 84.6 cm³/mol. The lowest BCUT2D eigenvalue weighted by Crippen LogP contribution is -1.97. The van der Waals surface area contributed by atoms with Crippen molar-refractivity contribution in [3.63, 3.8) is 0 Å². The van der Waals surface area contributed by atoms with Gasteiger partial charge in [-0.15, -0.1) is 0 Å². The van der Waals surface area contributed by atoms with Gasteiger partial charge in [0.15, 0.2) is 0 Å². The lowest BCUT2D eigenvalue weighted by atomic mass is 9.98. The summed E-state index contributed by atoms with van der Waals surface area (Å²) in [6.45, 7) is 6.67. The third-order valence-corrected chi connectivity index (χ3v) is 3.33. The summed E-state index contributed by atoms with van der Waals surface area (Å²) >= 11 is 4.46. The van der Waals surface area contributed by atoms with E-state index >= 15 is 0 Å². The van der Waals surface area contributed by atoms with Gasteiger partial charge >= 0.3 is 0 Å². The molecule has 2 aromatic rings. The van der Waals surface area contributed by atoms with Gasteiger partial charge in [0.05, 0.1) is 0 Å². The molecule has 0 aliphatic carbocycles. The van der Waals surface area contributed by atoms with Crippen LogP contribution >= 0.6 is 12.6 Å². The molecule has 0 radical (unpaired) electrons. The average molecular weight is 258 g/mol. The van der Waals surface area contributed by atoms with Crippen LogP contribution in [0.1, 0.15) is 31.9 Å². The molecule has 0 aliphatic heterocycles. The Balaban J connectivity index is 2.30. The third-order valence-electron chi connectivity index (χ3n) is 3.14. The minimum absolute atomic E-state index is 0.419. The normalized spacial score (nSPS) is 13.2. The van der Waals surface area contributed by atoms with Crippen LogP contribution in [0.2, 0.25) is 0 Å². The highest BCUT2D eigenvalue weighted by Gasteiger charge is 2.02. The molecule has 0 aromatic heterocycles. The van der Waals surface area contributed by atoms with Crippen molar-refractivity contribution in [2.24, 2.45) is 5.92 Å². The van der Waals surface area contributed by atoms with Gasteiger partial charge in [0.1, 0.15) is 0 Å². The molecular formula is C17H22S. The Morgan fingerprint density at radius 2 is 1.33 bits per heavy atom. The first kappa shape index (κ1) is 13.5. The fraction of sp³-hybridized carbons (Fsp3) is 0.412. The number of benzene rings is 2. The van der Waals surface area contributed by atoms with Crippen molar-refractivity contribution < 1.29 is 0 Å². The van der Waals surface area contributed by atoms with Crippen LogP contribution in [-0.2, 0) is 12.8 Å². The SMILES string of the molecule is CC(C)Cc1ccc2cc(CC(C)S)ccc2c1. The summed E-state index contributed by atoms with van der Waals surface area (Å²) in [6.07, 6.45) is 2.19. The molecule has 0 nitrogen and oxygen atoms in total. The van der Waals surface area contributed by atoms with Gasteiger partial charge in [-0.05, 0) is 40.7 Å². The second kappa shape index (κ2) is 5.79. The zero-order valence-corrected chi connectivity index (χ0v) is 12.4. The van der Waals surface area contributed by atoms with Crippen molar-refractivity contribution in [2.75, 3.05) is 0 Å². The predicted octanol–water partition coefficient (Wildman–Crippen LogP) is 4.90. The fourth-order valence-electron chi connectivity index (χ4n) is 2.41. The maximum absolute atomic E-state index is 4.46. The van der Waals surface area contributed by atoms with Gasteiger partial charge in [-0.25, -0.2) is 0 Å². The first-order valence-electron chi connectivity index (χ1n) is 6.74. The summed E-state index contributed by atoms with van der Waals surface area (Å²) in [7, 11) is 0. The first-order valence-corrected chi connectivity index (χ1v) is 7.26. The number of hydrogen-bond donors (Lipinski definition) is 1. The lowest BCUT2D eigenvalue weighted by Gasteiger charge is -2.09.